The van der Waals surface area contributed by atoms with Gasteiger partial charge < -0.3 is 10.6 Å². The topological polar surface area (TPSA) is 58.2 Å². The highest BCUT2D eigenvalue weighted by Gasteiger charge is 2.14. The summed E-state index contributed by atoms with van der Waals surface area (Å²) >= 11 is 0. The molecule has 1 aromatic carbocycles. The smallest absolute Gasteiger partial charge is 0.242 e. The molecule has 0 radical (unpaired) electrons. The molecule has 4 nitrogen and oxygen atoms in total. The molecule has 0 aliphatic heterocycles. The molecule has 1 unspecified atom stereocenters. The molecule has 5 heteroatoms. The first kappa shape index (κ1) is 15.1. The third-order valence-electron chi connectivity index (χ3n) is 2.60. The molecule has 2 N–H and O–H groups in total. The molecule has 1 rings (SSSR count). The van der Waals surface area contributed by atoms with Gasteiger partial charge in [-0.2, -0.15) is 0 Å². The van der Waals surface area contributed by atoms with Crippen LogP contribution in [0.4, 0.5) is 4.39 Å². The van der Waals surface area contributed by atoms with Crippen LogP contribution in [0.5, 0.6) is 0 Å². The molecule has 0 bridgehead atoms. The van der Waals surface area contributed by atoms with E-state index < -0.39 is 6.04 Å². The van der Waals surface area contributed by atoms with Crippen LogP contribution in [0, 0.1) is 5.82 Å². The fraction of sp³-hybridized carbons (Fsp3) is 0.429. The first-order chi connectivity index (χ1) is 9.02. The molecule has 0 aromatic heterocycles. The standard InChI is InChI=1S/C14H19FN2O2/c1-3-8-16-14(19)10(2)17-13(18)9-11-4-6-12(15)7-5-11/h4-7,10H,3,8-9H2,1-2H3,(H,16,19)(H,17,18). The van der Waals surface area contributed by atoms with Gasteiger partial charge in [0.05, 0.1) is 6.42 Å². The fourth-order valence-electron chi connectivity index (χ4n) is 1.55. The lowest BCUT2D eigenvalue weighted by atomic mass is 10.1. The quantitative estimate of drug-likeness (QED) is 0.817. The number of amides is 2. The van der Waals surface area contributed by atoms with Crippen LogP contribution in [-0.4, -0.2) is 24.4 Å². The second-order valence-corrected chi connectivity index (χ2v) is 4.38. The maximum absolute atomic E-state index is 12.7. The zero-order chi connectivity index (χ0) is 14.3. The molecule has 2 amide bonds. The van der Waals surface area contributed by atoms with E-state index in [1.807, 2.05) is 6.92 Å². The summed E-state index contributed by atoms with van der Waals surface area (Å²) in [7, 11) is 0. The number of rotatable bonds is 6. The van der Waals surface area contributed by atoms with Gasteiger partial charge >= 0.3 is 0 Å². The van der Waals surface area contributed by atoms with Crippen molar-refractivity contribution in [2.45, 2.75) is 32.7 Å². The van der Waals surface area contributed by atoms with Crippen molar-refractivity contribution >= 4 is 11.8 Å². The van der Waals surface area contributed by atoms with E-state index in [0.29, 0.717) is 12.1 Å². The Morgan fingerprint density at radius 2 is 1.89 bits per heavy atom. The van der Waals surface area contributed by atoms with Gasteiger partial charge in [-0.1, -0.05) is 19.1 Å². The average Bonchev–Trinajstić information content (AvgIpc) is 2.38. The molecule has 0 heterocycles. The van der Waals surface area contributed by atoms with Crippen molar-refractivity contribution in [3.63, 3.8) is 0 Å². The zero-order valence-electron chi connectivity index (χ0n) is 11.2. The third-order valence-corrected chi connectivity index (χ3v) is 2.60. The van der Waals surface area contributed by atoms with E-state index in [9.17, 15) is 14.0 Å². The fourth-order valence-corrected chi connectivity index (χ4v) is 1.55. The predicted octanol–water partition coefficient (Wildman–Crippen LogP) is 1.40. The van der Waals surface area contributed by atoms with Gasteiger partial charge in [-0.3, -0.25) is 9.59 Å². The van der Waals surface area contributed by atoms with Gasteiger partial charge in [0.15, 0.2) is 0 Å². The summed E-state index contributed by atoms with van der Waals surface area (Å²) < 4.78 is 12.7. The lowest BCUT2D eigenvalue weighted by Gasteiger charge is -2.13. The van der Waals surface area contributed by atoms with Crippen molar-refractivity contribution in [2.75, 3.05) is 6.54 Å². The highest BCUT2D eigenvalue weighted by Crippen LogP contribution is 2.03. The van der Waals surface area contributed by atoms with Crippen molar-refractivity contribution < 1.29 is 14.0 Å². The maximum atomic E-state index is 12.7. The minimum Gasteiger partial charge on any atom is -0.354 e. The van der Waals surface area contributed by atoms with E-state index in [2.05, 4.69) is 10.6 Å². The van der Waals surface area contributed by atoms with Crippen molar-refractivity contribution in [3.8, 4) is 0 Å². The monoisotopic (exact) mass is 266 g/mol. The summed E-state index contributed by atoms with van der Waals surface area (Å²) in [5.74, 6) is -0.795. The van der Waals surface area contributed by atoms with Crippen LogP contribution >= 0.6 is 0 Å². The van der Waals surface area contributed by atoms with Crippen LogP contribution in [0.25, 0.3) is 0 Å². The normalized spacial score (nSPS) is 11.7. The van der Waals surface area contributed by atoms with Gasteiger partial charge in [-0.15, -0.1) is 0 Å². The number of halogens is 1. The summed E-state index contributed by atoms with van der Waals surface area (Å²) in [4.78, 5) is 23.3. The Bertz CT molecular complexity index is 432. The maximum Gasteiger partial charge on any atom is 0.242 e. The number of benzene rings is 1. The number of hydrogen-bond donors (Lipinski definition) is 2. The summed E-state index contributed by atoms with van der Waals surface area (Å²) in [6.07, 6.45) is 0.980. The molecular formula is C14H19FN2O2. The van der Waals surface area contributed by atoms with Crippen LogP contribution in [0.15, 0.2) is 24.3 Å². The lowest BCUT2D eigenvalue weighted by Crippen LogP contribution is -2.45. The molecule has 1 aromatic rings. The minimum atomic E-state index is -0.570. The first-order valence-corrected chi connectivity index (χ1v) is 6.34. The third kappa shape index (κ3) is 5.50. The summed E-state index contributed by atoms with van der Waals surface area (Å²) in [6.45, 7) is 4.18. The second-order valence-electron chi connectivity index (χ2n) is 4.38. The summed E-state index contributed by atoms with van der Waals surface area (Å²) in [6, 6.07) is 5.15. The van der Waals surface area contributed by atoms with Crippen molar-refractivity contribution in [1.29, 1.82) is 0 Å². The zero-order valence-corrected chi connectivity index (χ0v) is 11.2. The molecule has 104 valence electrons. The number of carbonyl (C=O) groups is 2. The molecular weight excluding hydrogens is 247 g/mol. The highest BCUT2D eigenvalue weighted by atomic mass is 19.1. The first-order valence-electron chi connectivity index (χ1n) is 6.34. The van der Waals surface area contributed by atoms with Crippen LogP contribution in [0.2, 0.25) is 0 Å². The molecule has 0 aliphatic carbocycles. The number of nitrogens with one attached hydrogen (secondary N) is 2. The van der Waals surface area contributed by atoms with Gasteiger partial charge in [-0.05, 0) is 31.0 Å². The van der Waals surface area contributed by atoms with Crippen LogP contribution in [0.1, 0.15) is 25.8 Å². The van der Waals surface area contributed by atoms with Crippen molar-refractivity contribution in [1.82, 2.24) is 10.6 Å². The van der Waals surface area contributed by atoms with Gasteiger partial charge in [-0.25, -0.2) is 4.39 Å². The lowest BCUT2D eigenvalue weighted by molar-refractivity contribution is -0.128. The van der Waals surface area contributed by atoms with E-state index in [1.54, 1.807) is 19.1 Å². The highest BCUT2D eigenvalue weighted by molar-refractivity contribution is 5.88. The average molecular weight is 266 g/mol. The summed E-state index contributed by atoms with van der Waals surface area (Å²) in [5.41, 5.74) is 0.708. The molecule has 0 aliphatic rings. The SMILES string of the molecule is CCCNC(=O)C(C)NC(=O)Cc1ccc(F)cc1. The molecule has 0 fully saturated rings. The van der Waals surface area contributed by atoms with Crippen LogP contribution < -0.4 is 10.6 Å². The molecule has 0 saturated carbocycles. The molecule has 1 atom stereocenters. The number of carbonyl (C=O) groups excluding carboxylic acids is 2. The Kier molecular flexibility index (Phi) is 5.99. The predicted molar refractivity (Wildman–Crippen MR) is 71.0 cm³/mol. The largest absolute Gasteiger partial charge is 0.354 e. The van der Waals surface area contributed by atoms with Crippen molar-refractivity contribution in [2.24, 2.45) is 0 Å². The number of hydrogen-bond acceptors (Lipinski definition) is 2. The van der Waals surface area contributed by atoms with Crippen LogP contribution in [0.3, 0.4) is 0 Å². The Morgan fingerprint density at radius 1 is 1.26 bits per heavy atom. The molecule has 0 saturated heterocycles. The van der Waals surface area contributed by atoms with E-state index in [1.165, 1.54) is 12.1 Å². The Hall–Kier alpha value is -1.91. The Labute approximate surface area is 112 Å². The molecule has 0 spiro atoms. The minimum absolute atomic E-state index is 0.131. The molecule has 19 heavy (non-hydrogen) atoms. The Morgan fingerprint density at radius 3 is 2.47 bits per heavy atom. The van der Waals surface area contributed by atoms with E-state index in [4.69, 9.17) is 0 Å². The van der Waals surface area contributed by atoms with Gasteiger partial charge in [0.2, 0.25) is 11.8 Å². The van der Waals surface area contributed by atoms with Gasteiger partial charge in [0, 0.05) is 6.54 Å². The van der Waals surface area contributed by atoms with Crippen LogP contribution in [-0.2, 0) is 16.0 Å². The van der Waals surface area contributed by atoms with Gasteiger partial charge in [0.25, 0.3) is 0 Å². The summed E-state index contributed by atoms with van der Waals surface area (Å²) in [5, 5.41) is 5.31. The van der Waals surface area contributed by atoms with Crippen molar-refractivity contribution in [3.05, 3.63) is 35.6 Å². The van der Waals surface area contributed by atoms with E-state index in [0.717, 1.165) is 6.42 Å². The Balaban J connectivity index is 2.42. The van der Waals surface area contributed by atoms with E-state index in [-0.39, 0.29) is 24.1 Å². The van der Waals surface area contributed by atoms with Gasteiger partial charge in [0.1, 0.15) is 11.9 Å². The van der Waals surface area contributed by atoms with E-state index >= 15 is 0 Å². The second kappa shape index (κ2) is 7.51.